The summed E-state index contributed by atoms with van der Waals surface area (Å²) in [6.45, 7) is 6.87. The van der Waals surface area contributed by atoms with Crippen molar-refractivity contribution in [2.24, 2.45) is 0 Å². The highest BCUT2D eigenvalue weighted by Crippen LogP contribution is 2.40. The lowest BCUT2D eigenvalue weighted by Gasteiger charge is -2.25. The van der Waals surface area contributed by atoms with E-state index in [0.717, 1.165) is 5.56 Å². The second kappa shape index (κ2) is 14.9. The van der Waals surface area contributed by atoms with Gasteiger partial charge in [0.05, 0.1) is 33.0 Å². The molecule has 2 unspecified atom stereocenters. The van der Waals surface area contributed by atoms with E-state index in [0.29, 0.717) is 38.2 Å². The van der Waals surface area contributed by atoms with Gasteiger partial charge in [0.1, 0.15) is 24.6 Å². The average molecular weight is 597 g/mol. The van der Waals surface area contributed by atoms with Crippen LogP contribution in [-0.4, -0.2) is 75.3 Å². The molecule has 1 fully saturated rings. The highest BCUT2D eigenvalue weighted by atomic mass is 35.5. The average Bonchev–Trinajstić information content (AvgIpc) is 3.49. The zero-order valence-corrected chi connectivity index (χ0v) is 24.3. The van der Waals surface area contributed by atoms with Crippen molar-refractivity contribution in [1.82, 2.24) is 19.6 Å². The molecule has 40 heavy (non-hydrogen) atoms. The number of hydroxylamine groups is 1. The number of nitrogens with one attached hydrogen (secondary N) is 1. The molecule has 13 nitrogen and oxygen atoms in total. The van der Waals surface area contributed by atoms with Crippen molar-refractivity contribution in [3.05, 3.63) is 47.5 Å². The third kappa shape index (κ3) is 7.62. The third-order valence-corrected chi connectivity index (χ3v) is 7.28. The predicted octanol–water partition coefficient (Wildman–Crippen LogP) is 3.73. The molecule has 218 valence electrons. The highest BCUT2D eigenvalue weighted by molar-refractivity contribution is 7.41. The largest absolute Gasteiger partial charge is 0.388 e. The van der Waals surface area contributed by atoms with Crippen LogP contribution in [0.2, 0.25) is 5.28 Å². The number of ether oxygens (including phenoxy) is 1. The summed E-state index contributed by atoms with van der Waals surface area (Å²) in [5.74, 6) is -0.0340. The number of halogens is 1. The molecule has 15 heteroatoms. The zero-order chi connectivity index (χ0) is 28.5. The van der Waals surface area contributed by atoms with Gasteiger partial charge in [0.2, 0.25) is 11.2 Å². The van der Waals surface area contributed by atoms with Crippen LogP contribution in [0.25, 0.3) is 11.2 Å². The van der Waals surface area contributed by atoms with E-state index in [1.165, 1.54) is 16.2 Å². The molecule has 2 aromatic heterocycles. The van der Waals surface area contributed by atoms with Crippen LogP contribution in [0.15, 0.2) is 36.7 Å². The fraction of sp³-hybridized carbons (Fsp3) is 0.520. The molecular formula is C25H34ClN6O7P. The second-order valence-electron chi connectivity index (χ2n) is 8.76. The van der Waals surface area contributed by atoms with Crippen LogP contribution in [0.5, 0.6) is 0 Å². The van der Waals surface area contributed by atoms with Crippen LogP contribution < -0.4 is 10.5 Å². The molecule has 0 saturated carbocycles. The van der Waals surface area contributed by atoms with Crippen molar-refractivity contribution in [2.75, 3.05) is 36.9 Å². The van der Waals surface area contributed by atoms with E-state index in [1.807, 2.05) is 51.1 Å². The SMILES string of the molecule is CCCC(=O)Nc1nc(Cl)nc2c1ncn2N1OC(COP(OCC)OCC)[C@H](O)C1COCc1ccccc1. The number of imidazole rings is 1. The Morgan fingerprint density at radius 1 is 1.12 bits per heavy atom. The maximum Gasteiger partial charge on any atom is 0.332 e. The van der Waals surface area contributed by atoms with Crippen molar-refractivity contribution in [1.29, 1.82) is 0 Å². The number of amides is 1. The van der Waals surface area contributed by atoms with Gasteiger partial charge in [-0.05, 0) is 37.4 Å². The lowest BCUT2D eigenvalue weighted by atomic mass is 10.1. The molecule has 4 rings (SSSR count). The van der Waals surface area contributed by atoms with Gasteiger partial charge >= 0.3 is 8.60 Å². The number of aliphatic hydroxyl groups is 1. The van der Waals surface area contributed by atoms with Crippen molar-refractivity contribution < 1.29 is 33.0 Å². The quantitative estimate of drug-likeness (QED) is 0.196. The van der Waals surface area contributed by atoms with Crippen LogP contribution in [0.3, 0.4) is 0 Å². The van der Waals surface area contributed by atoms with Gasteiger partial charge in [0.15, 0.2) is 17.0 Å². The Labute approximate surface area is 238 Å². The van der Waals surface area contributed by atoms with E-state index in [9.17, 15) is 9.90 Å². The Bertz CT molecular complexity index is 1230. The topological polar surface area (TPSA) is 142 Å². The van der Waals surface area contributed by atoms with Crippen LogP contribution >= 0.6 is 20.2 Å². The molecule has 1 aliphatic rings. The van der Waals surface area contributed by atoms with Crippen molar-refractivity contribution in [3.63, 3.8) is 0 Å². The van der Waals surface area contributed by atoms with Crippen molar-refractivity contribution in [2.45, 2.75) is 58.5 Å². The second-order valence-corrected chi connectivity index (χ2v) is 10.3. The number of benzene rings is 1. The number of fused-ring (bicyclic) bond motifs is 1. The first kappa shape index (κ1) is 30.5. The summed E-state index contributed by atoms with van der Waals surface area (Å²) in [4.78, 5) is 31.3. The summed E-state index contributed by atoms with van der Waals surface area (Å²) in [7, 11) is -1.60. The molecule has 0 radical (unpaired) electrons. The number of aliphatic hydroxyl groups excluding tert-OH is 1. The molecule has 0 spiro atoms. The summed E-state index contributed by atoms with van der Waals surface area (Å²) in [6.07, 6.45) is 0.646. The first-order valence-corrected chi connectivity index (χ1v) is 14.6. The van der Waals surface area contributed by atoms with E-state index in [2.05, 4.69) is 20.3 Å². The normalized spacial score (nSPS) is 19.1. The number of carbonyl (C=O) groups is 1. The standard InChI is InChI=1S/C25H34ClN6O7P/c1-4-10-20(33)28-23-21-24(30-25(26)29-23)31(16-27-21)32-18(14-35-13-17-11-8-7-9-12-17)22(34)19(39-32)15-38-40(36-5-2)37-6-3/h7-9,11-12,16,18-19,22,34H,4-6,10,13-15H2,1-3H3,(H,28,29,30,33)/t18?,19?,22-/m1/s1. The monoisotopic (exact) mass is 596 g/mol. The maximum absolute atomic E-state index is 12.3. The van der Waals surface area contributed by atoms with Gasteiger partial charge in [-0.15, -0.1) is 0 Å². The molecule has 1 amide bonds. The van der Waals surface area contributed by atoms with Crippen molar-refractivity contribution in [3.8, 4) is 0 Å². The number of nitrogens with zero attached hydrogens (tertiary/aromatic N) is 5. The van der Waals surface area contributed by atoms with Crippen LogP contribution in [-0.2, 0) is 34.5 Å². The first-order chi connectivity index (χ1) is 19.4. The number of hydrogen-bond donors (Lipinski definition) is 2. The van der Waals surface area contributed by atoms with Gasteiger partial charge in [0, 0.05) is 6.42 Å². The molecule has 1 aliphatic heterocycles. The van der Waals surface area contributed by atoms with Gasteiger partial charge in [-0.3, -0.25) is 4.79 Å². The van der Waals surface area contributed by atoms with Gasteiger partial charge in [-0.2, -0.15) is 15.1 Å². The Balaban J connectivity index is 1.58. The maximum atomic E-state index is 12.3. The molecule has 1 aromatic carbocycles. The number of anilines is 1. The Kier molecular flexibility index (Phi) is 11.4. The summed E-state index contributed by atoms with van der Waals surface area (Å²) < 4.78 is 24.3. The first-order valence-electron chi connectivity index (χ1n) is 13.1. The summed E-state index contributed by atoms with van der Waals surface area (Å²) in [5, 5.41) is 15.4. The van der Waals surface area contributed by atoms with Crippen LogP contribution in [0.1, 0.15) is 39.2 Å². The molecule has 2 N–H and O–H groups in total. The minimum atomic E-state index is -1.60. The van der Waals surface area contributed by atoms with Gasteiger partial charge in [-0.25, -0.2) is 14.5 Å². The molecule has 3 aromatic rings. The molecule has 0 bridgehead atoms. The molecule has 0 aliphatic carbocycles. The minimum Gasteiger partial charge on any atom is -0.388 e. The van der Waals surface area contributed by atoms with E-state index in [4.69, 9.17) is 34.7 Å². The fourth-order valence-electron chi connectivity index (χ4n) is 4.00. The van der Waals surface area contributed by atoms with Crippen LogP contribution in [0, 0.1) is 0 Å². The van der Waals surface area contributed by atoms with E-state index < -0.39 is 26.9 Å². The summed E-state index contributed by atoms with van der Waals surface area (Å²) in [5.41, 5.74) is 1.58. The van der Waals surface area contributed by atoms with Gasteiger partial charge < -0.3 is 28.7 Å². The molecular weight excluding hydrogens is 563 g/mol. The minimum absolute atomic E-state index is 0.000743. The molecule has 1 saturated heterocycles. The predicted molar refractivity (Wildman–Crippen MR) is 149 cm³/mol. The van der Waals surface area contributed by atoms with Gasteiger partial charge in [-0.1, -0.05) is 37.3 Å². The van der Waals surface area contributed by atoms with Gasteiger partial charge in [0.25, 0.3) is 0 Å². The highest BCUT2D eigenvalue weighted by Gasteiger charge is 2.45. The fourth-order valence-corrected chi connectivity index (χ4v) is 5.08. The van der Waals surface area contributed by atoms with Crippen molar-refractivity contribution >= 4 is 43.1 Å². The lowest BCUT2D eigenvalue weighted by molar-refractivity contribution is -0.116. The Hall–Kier alpha value is -2.48. The number of hydrogen-bond acceptors (Lipinski definition) is 11. The smallest absolute Gasteiger partial charge is 0.332 e. The van der Waals surface area contributed by atoms with Crippen LogP contribution in [0.4, 0.5) is 5.82 Å². The zero-order valence-electron chi connectivity index (χ0n) is 22.6. The van der Waals surface area contributed by atoms with E-state index in [1.54, 1.807) is 0 Å². The Morgan fingerprint density at radius 3 is 2.58 bits per heavy atom. The summed E-state index contributed by atoms with van der Waals surface area (Å²) >= 11 is 6.22. The van der Waals surface area contributed by atoms with E-state index in [-0.39, 0.29) is 35.9 Å². The third-order valence-electron chi connectivity index (χ3n) is 5.81. The number of aromatic nitrogens is 4. The summed E-state index contributed by atoms with van der Waals surface area (Å²) in [6, 6.07) is 9.02. The molecule has 3 heterocycles. The molecule has 3 atom stereocenters. The number of carbonyl (C=O) groups excluding carboxylic acids is 1. The van der Waals surface area contributed by atoms with E-state index >= 15 is 0 Å². The number of rotatable bonds is 15. The lowest BCUT2D eigenvalue weighted by Crippen LogP contribution is -2.45. The Morgan fingerprint density at radius 2 is 1.88 bits per heavy atom.